The zero-order valence-corrected chi connectivity index (χ0v) is 16.7. The van der Waals surface area contributed by atoms with Crippen LogP contribution >= 0.6 is 38.5 Å². The van der Waals surface area contributed by atoms with Crippen molar-refractivity contribution < 1.29 is 0 Å². The van der Waals surface area contributed by atoms with Crippen molar-refractivity contribution in [1.29, 1.82) is 0 Å². The first-order valence-corrected chi connectivity index (χ1v) is 9.16. The molecular formula is C19H16BrIN2. The quantitative estimate of drug-likeness (QED) is 0.314. The predicted molar refractivity (Wildman–Crippen MR) is 109 cm³/mol. The van der Waals surface area contributed by atoms with Gasteiger partial charge in [-0.1, -0.05) is 22.0 Å². The Kier molecular flexibility index (Phi) is 5.02. The fourth-order valence-electron chi connectivity index (χ4n) is 2.61. The Hall–Kier alpha value is -1.40. The molecule has 0 spiro atoms. The minimum atomic E-state index is 0.943. The number of aromatic nitrogens is 1. The van der Waals surface area contributed by atoms with Crippen LogP contribution in [0.1, 0.15) is 17.0 Å². The van der Waals surface area contributed by atoms with E-state index in [0.717, 1.165) is 15.7 Å². The lowest BCUT2D eigenvalue weighted by atomic mass is 10.2. The van der Waals surface area contributed by atoms with Crippen molar-refractivity contribution in [1.82, 2.24) is 4.57 Å². The van der Waals surface area contributed by atoms with Crippen LogP contribution in [0.15, 0.2) is 64.1 Å². The summed E-state index contributed by atoms with van der Waals surface area (Å²) in [7, 11) is 0. The van der Waals surface area contributed by atoms with Crippen LogP contribution < -0.4 is 0 Å². The lowest BCUT2D eigenvalue weighted by Crippen LogP contribution is -1.99. The first-order valence-electron chi connectivity index (χ1n) is 7.29. The maximum Gasteiger partial charge on any atom is 0.0641 e. The van der Waals surface area contributed by atoms with E-state index in [1.54, 1.807) is 0 Å². The molecule has 3 rings (SSSR count). The second-order valence-corrected chi connectivity index (χ2v) is 7.54. The molecule has 23 heavy (non-hydrogen) atoms. The van der Waals surface area contributed by atoms with Crippen molar-refractivity contribution >= 4 is 50.4 Å². The average molecular weight is 479 g/mol. The summed E-state index contributed by atoms with van der Waals surface area (Å²) in [4.78, 5) is 4.59. The van der Waals surface area contributed by atoms with Gasteiger partial charge >= 0.3 is 0 Å². The second kappa shape index (κ2) is 7.01. The molecule has 0 saturated carbocycles. The number of benzene rings is 2. The predicted octanol–water partition coefficient (Wildman–Crippen LogP) is 6.21. The fourth-order valence-corrected chi connectivity index (χ4v) is 3.35. The molecule has 0 amide bonds. The van der Waals surface area contributed by atoms with Gasteiger partial charge in [-0.15, -0.1) is 0 Å². The van der Waals surface area contributed by atoms with Crippen LogP contribution in [0.25, 0.3) is 5.69 Å². The zero-order valence-electron chi connectivity index (χ0n) is 12.9. The van der Waals surface area contributed by atoms with Crippen molar-refractivity contribution in [2.24, 2.45) is 4.99 Å². The average Bonchev–Trinajstić information content (AvgIpc) is 2.81. The molecule has 1 heterocycles. The van der Waals surface area contributed by atoms with Gasteiger partial charge in [0.15, 0.2) is 0 Å². The number of hydrogen-bond donors (Lipinski definition) is 0. The van der Waals surface area contributed by atoms with Gasteiger partial charge in [-0.2, -0.15) is 0 Å². The Morgan fingerprint density at radius 1 is 1.04 bits per heavy atom. The molecule has 0 unspecified atom stereocenters. The van der Waals surface area contributed by atoms with Crippen LogP contribution in [0.2, 0.25) is 0 Å². The van der Waals surface area contributed by atoms with Crippen molar-refractivity contribution in [2.75, 3.05) is 0 Å². The minimum absolute atomic E-state index is 0.943. The molecule has 0 fully saturated rings. The van der Waals surface area contributed by atoms with Crippen molar-refractivity contribution in [3.63, 3.8) is 0 Å². The maximum atomic E-state index is 4.59. The molecule has 0 radical (unpaired) electrons. The summed E-state index contributed by atoms with van der Waals surface area (Å²) in [5.74, 6) is 0. The topological polar surface area (TPSA) is 17.3 Å². The number of rotatable bonds is 3. The monoisotopic (exact) mass is 478 g/mol. The third-order valence-corrected chi connectivity index (χ3v) is 4.93. The van der Waals surface area contributed by atoms with Gasteiger partial charge < -0.3 is 4.57 Å². The van der Waals surface area contributed by atoms with Gasteiger partial charge in [-0.3, -0.25) is 4.99 Å². The Balaban J connectivity index is 1.96. The van der Waals surface area contributed by atoms with Crippen LogP contribution in [0.3, 0.4) is 0 Å². The minimum Gasteiger partial charge on any atom is -0.318 e. The van der Waals surface area contributed by atoms with Gasteiger partial charge in [0.25, 0.3) is 0 Å². The Morgan fingerprint density at radius 3 is 2.48 bits per heavy atom. The zero-order chi connectivity index (χ0) is 16.4. The van der Waals surface area contributed by atoms with E-state index in [0.29, 0.717) is 0 Å². The summed E-state index contributed by atoms with van der Waals surface area (Å²) in [6, 6.07) is 18.7. The first-order chi connectivity index (χ1) is 11.0. The lowest BCUT2D eigenvalue weighted by Gasteiger charge is -2.09. The highest BCUT2D eigenvalue weighted by atomic mass is 127. The highest BCUT2D eigenvalue weighted by Gasteiger charge is 2.09. The smallest absolute Gasteiger partial charge is 0.0641 e. The fraction of sp³-hybridized carbons (Fsp3) is 0.105. The molecular weight excluding hydrogens is 463 g/mol. The molecule has 3 aromatic rings. The van der Waals surface area contributed by atoms with Gasteiger partial charge in [0.05, 0.1) is 5.69 Å². The SMILES string of the molecule is Cc1cc(C=Nc2cccc(Br)c2)c(C)n1-c1ccc(I)cc1. The number of halogens is 2. The second-order valence-electron chi connectivity index (χ2n) is 5.38. The normalized spacial score (nSPS) is 11.3. The molecule has 0 atom stereocenters. The Morgan fingerprint density at radius 2 is 1.78 bits per heavy atom. The van der Waals surface area contributed by atoms with Crippen molar-refractivity contribution in [2.45, 2.75) is 13.8 Å². The van der Waals surface area contributed by atoms with E-state index in [2.05, 4.69) is 92.3 Å². The van der Waals surface area contributed by atoms with Gasteiger partial charge in [-0.05, 0) is 85.0 Å². The number of hydrogen-bond acceptors (Lipinski definition) is 1. The largest absolute Gasteiger partial charge is 0.318 e. The van der Waals surface area contributed by atoms with E-state index in [-0.39, 0.29) is 0 Å². The van der Waals surface area contributed by atoms with E-state index in [1.807, 2.05) is 30.5 Å². The van der Waals surface area contributed by atoms with Gasteiger partial charge in [0, 0.05) is 36.9 Å². The van der Waals surface area contributed by atoms with Crippen LogP contribution in [0.4, 0.5) is 5.69 Å². The summed E-state index contributed by atoms with van der Waals surface area (Å²) in [5.41, 5.74) is 5.67. The number of aryl methyl sites for hydroxylation is 1. The highest BCUT2D eigenvalue weighted by Crippen LogP contribution is 2.22. The first kappa shape index (κ1) is 16.5. The van der Waals surface area contributed by atoms with Crippen LogP contribution in [0.5, 0.6) is 0 Å². The summed E-state index contributed by atoms with van der Waals surface area (Å²) in [6.45, 7) is 4.26. The van der Waals surface area contributed by atoms with E-state index in [9.17, 15) is 0 Å². The molecule has 116 valence electrons. The lowest BCUT2D eigenvalue weighted by molar-refractivity contribution is 0.964. The van der Waals surface area contributed by atoms with Crippen molar-refractivity contribution in [3.05, 3.63) is 79.6 Å². The summed E-state index contributed by atoms with van der Waals surface area (Å²) >= 11 is 5.80. The third kappa shape index (κ3) is 3.75. The van der Waals surface area contributed by atoms with Gasteiger partial charge in [0.2, 0.25) is 0 Å². The van der Waals surface area contributed by atoms with E-state index in [1.165, 1.54) is 20.6 Å². The molecule has 0 N–H and O–H groups in total. The van der Waals surface area contributed by atoms with Crippen LogP contribution in [-0.2, 0) is 0 Å². The summed E-state index contributed by atoms with van der Waals surface area (Å²) < 4.78 is 4.54. The maximum absolute atomic E-state index is 4.59. The number of nitrogens with zero attached hydrogens (tertiary/aromatic N) is 2. The summed E-state index contributed by atoms with van der Waals surface area (Å²) in [6.07, 6.45) is 1.94. The molecule has 0 aliphatic carbocycles. The van der Waals surface area contributed by atoms with E-state index >= 15 is 0 Å². The molecule has 4 heteroatoms. The van der Waals surface area contributed by atoms with E-state index in [4.69, 9.17) is 0 Å². The molecule has 0 aliphatic rings. The van der Waals surface area contributed by atoms with Crippen LogP contribution in [0, 0.1) is 17.4 Å². The standard InChI is InChI=1S/C19H16BrIN2/c1-13-10-15(12-22-18-5-3-4-16(20)11-18)14(2)23(13)19-8-6-17(21)7-9-19/h3-12H,1-2H3. The molecule has 2 aromatic carbocycles. The molecule has 2 nitrogen and oxygen atoms in total. The van der Waals surface area contributed by atoms with Crippen LogP contribution in [-0.4, -0.2) is 10.8 Å². The van der Waals surface area contributed by atoms with Gasteiger partial charge in [0.1, 0.15) is 0 Å². The van der Waals surface area contributed by atoms with Crippen molar-refractivity contribution in [3.8, 4) is 5.69 Å². The third-order valence-electron chi connectivity index (χ3n) is 3.72. The van der Waals surface area contributed by atoms with Gasteiger partial charge in [-0.25, -0.2) is 0 Å². The molecule has 0 saturated heterocycles. The molecule has 0 aliphatic heterocycles. The van der Waals surface area contributed by atoms with E-state index < -0.39 is 0 Å². The Labute approximate surface area is 158 Å². The summed E-state index contributed by atoms with van der Waals surface area (Å²) in [5, 5.41) is 0. The Bertz CT molecular complexity index is 864. The molecule has 0 bridgehead atoms. The highest BCUT2D eigenvalue weighted by molar-refractivity contribution is 14.1. The number of aliphatic imine (C=N–C) groups is 1. The molecule has 1 aromatic heterocycles.